The molecule has 0 spiro atoms. The summed E-state index contributed by atoms with van der Waals surface area (Å²) in [6.45, 7) is 3.52. The largest absolute Gasteiger partial charge is 0.337 e. The normalized spacial score (nSPS) is 26.0. The smallest absolute Gasteiger partial charge is 0.270 e. The van der Waals surface area contributed by atoms with Gasteiger partial charge >= 0.3 is 0 Å². The van der Waals surface area contributed by atoms with Gasteiger partial charge in [0.25, 0.3) is 5.91 Å². The molecule has 0 N–H and O–H groups in total. The molecule has 2 aromatic rings. The van der Waals surface area contributed by atoms with Crippen molar-refractivity contribution in [1.82, 2.24) is 14.4 Å². The molecule has 130 valence electrons. The van der Waals surface area contributed by atoms with E-state index in [1.165, 1.54) is 25.0 Å². The maximum atomic E-state index is 13.1. The number of likely N-dealkylation sites (tertiary alicyclic amines) is 1. The number of hydrogen-bond donors (Lipinski definition) is 0. The molecule has 0 radical (unpaired) electrons. The first-order valence-corrected chi connectivity index (χ1v) is 9.13. The zero-order valence-electron chi connectivity index (χ0n) is 14.1. The summed E-state index contributed by atoms with van der Waals surface area (Å²) in [5, 5.41) is 0. The van der Waals surface area contributed by atoms with Crippen molar-refractivity contribution in [2.45, 2.75) is 31.5 Å². The first-order chi connectivity index (χ1) is 12.2. The van der Waals surface area contributed by atoms with Crippen molar-refractivity contribution >= 4 is 5.91 Å². The first-order valence-electron chi connectivity index (χ1n) is 9.13. The second-order valence-electron chi connectivity index (χ2n) is 7.66. The highest BCUT2D eigenvalue weighted by Crippen LogP contribution is 2.38. The van der Waals surface area contributed by atoms with Gasteiger partial charge in [0.2, 0.25) is 0 Å². The molecule has 5 rings (SSSR count). The van der Waals surface area contributed by atoms with E-state index in [9.17, 15) is 9.18 Å². The molecule has 1 aromatic heterocycles. The summed E-state index contributed by atoms with van der Waals surface area (Å²) in [6.07, 6.45) is 4.55. The average molecular weight is 339 g/mol. The Morgan fingerprint density at radius 1 is 1.04 bits per heavy atom. The van der Waals surface area contributed by atoms with Crippen LogP contribution in [0.1, 0.15) is 34.9 Å². The quantitative estimate of drug-likeness (QED) is 0.857. The van der Waals surface area contributed by atoms with Crippen LogP contribution in [0, 0.1) is 11.7 Å². The SMILES string of the molecule is O=C1c2cccn2[C@H]2CN(Cc3ccc(F)cc3)C[C@H]2N1CC1CC1. The predicted octanol–water partition coefficient (Wildman–Crippen LogP) is 2.92. The number of benzene rings is 1. The van der Waals surface area contributed by atoms with Crippen molar-refractivity contribution in [2.75, 3.05) is 19.6 Å². The number of rotatable bonds is 4. The zero-order valence-corrected chi connectivity index (χ0v) is 14.1. The molecule has 1 amide bonds. The molecule has 0 bridgehead atoms. The summed E-state index contributed by atoms with van der Waals surface area (Å²) in [7, 11) is 0. The predicted molar refractivity (Wildman–Crippen MR) is 92.7 cm³/mol. The monoisotopic (exact) mass is 339 g/mol. The maximum Gasteiger partial charge on any atom is 0.270 e. The Morgan fingerprint density at radius 2 is 1.80 bits per heavy atom. The molecular weight excluding hydrogens is 317 g/mol. The number of nitrogens with zero attached hydrogens (tertiary/aromatic N) is 3. The van der Waals surface area contributed by atoms with Crippen molar-refractivity contribution in [2.24, 2.45) is 5.92 Å². The molecule has 3 aliphatic rings. The van der Waals surface area contributed by atoms with Crippen LogP contribution in [0.25, 0.3) is 0 Å². The Bertz CT molecular complexity index is 796. The van der Waals surface area contributed by atoms with Crippen LogP contribution in [0.2, 0.25) is 0 Å². The van der Waals surface area contributed by atoms with Crippen molar-refractivity contribution in [3.8, 4) is 0 Å². The lowest BCUT2D eigenvalue weighted by atomic mass is 10.1. The Labute approximate surface area is 146 Å². The van der Waals surface area contributed by atoms with E-state index in [4.69, 9.17) is 0 Å². The van der Waals surface area contributed by atoms with Crippen LogP contribution in [0.5, 0.6) is 0 Å². The van der Waals surface area contributed by atoms with Gasteiger partial charge in [-0.05, 0) is 48.6 Å². The number of halogens is 1. The first kappa shape index (κ1) is 15.1. The Hall–Kier alpha value is -2.14. The number of fused-ring (bicyclic) bond motifs is 3. The lowest BCUT2D eigenvalue weighted by Crippen LogP contribution is -2.51. The summed E-state index contributed by atoms with van der Waals surface area (Å²) >= 11 is 0. The third-order valence-corrected chi connectivity index (χ3v) is 5.82. The Morgan fingerprint density at radius 3 is 2.56 bits per heavy atom. The van der Waals surface area contributed by atoms with Gasteiger partial charge in [-0.15, -0.1) is 0 Å². The van der Waals surface area contributed by atoms with Crippen LogP contribution in [0.15, 0.2) is 42.6 Å². The number of carbonyl (C=O) groups excluding carboxylic acids is 1. The highest BCUT2D eigenvalue weighted by atomic mass is 19.1. The van der Waals surface area contributed by atoms with E-state index in [0.717, 1.165) is 37.4 Å². The Balaban J connectivity index is 1.40. The van der Waals surface area contributed by atoms with E-state index < -0.39 is 0 Å². The van der Waals surface area contributed by atoms with E-state index in [2.05, 4.69) is 14.4 Å². The maximum absolute atomic E-state index is 13.1. The third kappa shape index (κ3) is 2.67. The number of amides is 1. The van der Waals surface area contributed by atoms with Crippen LogP contribution in [-0.2, 0) is 6.54 Å². The number of hydrogen-bond acceptors (Lipinski definition) is 2. The van der Waals surface area contributed by atoms with Crippen LogP contribution in [0.3, 0.4) is 0 Å². The van der Waals surface area contributed by atoms with Gasteiger partial charge < -0.3 is 9.47 Å². The van der Waals surface area contributed by atoms with Crippen molar-refractivity contribution in [3.63, 3.8) is 0 Å². The second-order valence-corrected chi connectivity index (χ2v) is 7.66. The fourth-order valence-electron chi connectivity index (χ4n) is 4.36. The van der Waals surface area contributed by atoms with Crippen LogP contribution in [-0.4, -0.2) is 46.0 Å². The molecule has 1 saturated heterocycles. The van der Waals surface area contributed by atoms with Gasteiger partial charge in [0, 0.05) is 32.4 Å². The molecule has 3 heterocycles. The van der Waals surface area contributed by atoms with Gasteiger partial charge in [-0.1, -0.05) is 12.1 Å². The van der Waals surface area contributed by atoms with Gasteiger partial charge in [0.1, 0.15) is 11.5 Å². The lowest BCUT2D eigenvalue weighted by molar-refractivity contribution is 0.0565. The van der Waals surface area contributed by atoms with E-state index in [0.29, 0.717) is 12.0 Å². The van der Waals surface area contributed by atoms with E-state index in [-0.39, 0.29) is 17.8 Å². The molecule has 5 heteroatoms. The molecule has 1 aliphatic carbocycles. The average Bonchev–Trinajstić information content (AvgIpc) is 3.12. The fourth-order valence-corrected chi connectivity index (χ4v) is 4.36. The van der Waals surface area contributed by atoms with Crippen LogP contribution < -0.4 is 0 Å². The molecule has 25 heavy (non-hydrogen) atoms. The minimum atomic E-state index is -0.197. The van der Waals surface area contributed by atoms with E-state index >= 15 is 0 Å². The molecule has 1 aromatic carbocycles. The zero-order chi connectivity index (χ0) is 17.0. The minimum absolute atomic E-state index is 0.182. The summed E-state index contributed by atoms with van der Waals surface area (Å²) in [5.41, 5.74) is 1.94. The van der Waals surface area contributed by atoms with E-state index in [1.54, 1.807) is 0 Å². The topological polar surface area (TPSA) is 28.5 Å². The molecule has 2 aliphatic heterocycles. The van der Waals surface area contributed by atoms with Crippen molar-refractivity contribution < 1.29 is 9.18 Å². The summed E-state index contributed by atoms with van der Waals surface area (Å²) in [4.78, 5) is 17.5. The number of carbonyl (C=O) groups is 1. The molecule has 0 unspecified atom stereocenters. The van der Waals surface area contributed by atoms with E-state index in [1.807, 2.05) is 30.5 Å². The van der Waals surface area contributed by atoms with Gasteiger partial charge in [-0.25, -0.2) is 4.39 Å². The summed E-state index contributed by atoms with van der Waals surface area (Å²) < 4.78 is 15.3. The van der Waals surface area contributed by atoms with Gasteiger partial charge in [-0.2, -0.15) is 0 Å². The third-order valence-electron chi connectivity index (χ3n) is 5.82. The van der Waals surface area contributed by atoms with Crippen LogP contribution in [0.4, 0.5) is 4.39 Å². The molecular formula is C20H22FN3O. The molecule has 1 saturated carbocycles. The number of aromatic nitrogens is 1. The molecule has 4 nitrogen and oxygen atoms in total. The van der Waals surface area contributed by atoms with Crippen molar-refractivity contribution in [3.05, 3.63) is 59.7 Å². The van der Waals surface area contributed by atoms with Gasteiger partial charge in [0.15, 0.2) is 0 Å². The Kier molecular flexibility index (Phi) is 3.45. The molecule has 2 atom stereocenters. The highest BCUT2D eigenvalue weighted by Gasteiger charge is 2.46. The standard InChI is InChI=1S/C20H22FN3O/c21-16-7-5-14(6-8-16)10-22-12-18-19(13-22)24(11-15-3-4-15)20(25)17-2-1-9-23(17)18/h1-2,5-9,15,18-19H,3-4,10-13H2/t18-,19+/m0/s1. The van der Waals surface area contributed by atoms with Crippen LogP contribution >= 0.6 is 0 Å². The van der Waals surface area contributed by atoms with Crippen molar-refractivity contribution in [1.29, 1.82) is 0 Å². The summed E-state index contributed by atoms with van der Waals surface area (Å²) in [6, 6.07) is 11.2. The summed E-state index contributed by atoms with van der Waals surface area (Å²) in [5.74, 6) is 0.677. The fraction of sp³-hybridized carbons (Fsp3) is 0.450. The highest BCUT2D eigenvalue weighted by molar-refractivity contribution is 5.94. The van der Waals surface area contributed by atoms with Gasteiger partial charge in [0.05, 0.1) is 12.1 Å². The molecule has 2 fully saturated rings. The lowest BCUT2D eigenvalue weighted by Gasteiger charge is -2.38. The second kappa shape index (κ2) is 5.70. The van der Waals surface area contributed by atoms with Gasteiger partial charge in [-0.3, -0.25) is 9.69 Å². The minimum Gasteiger partial charge on any atom is -0.337 e.